The van der Waals surface area contributed by atoms with Crippen molar-refractivity contribution in [3.05, 3.63) is 22.4 Å². The van der Waals surface area contributed by atoms with E-state index in [1.165, 1.54) is 12.0 Å². The fourth-order valence-corrected chi connectivity index (χ4v) is 2.48. The standard InChI is InChI=1S/C13H21NO2S/c1-4-5-7-11(13(15)16-3)14-10(2)12-8-6-9-17-12/h6,8-11,14H,4-5,7H2,1-3H3. The van der Waals surface area contributed by atoms with E-state index in [1.54, 1.807) is 11.3 Å². The van der Waals surface area contributed by atoms with Crippen LogP contribution in [0.25, 0.3) is 0 Å². The Bertz CT molecular complexity index is 324. The summed E-state index contributed by atoms with van der Waals surface area (Å²) in [6, 6.07) is 4.10. The van der Waals surface area contributed by atoms with Gasteiger partial charge in [-0.25, -0.2) is 0 Å². The van der Waals surface area contributed by atoms with Crippen LogP contribution in [0.5, 0.6) is 0 Å². The number of esters is 1. The van der Waals surface area contributed by atoms with E-state index >= 15 is 0 Å². The second-order valence-electron chi connectivity index (χ2n) is 4.12. The van der Waals surface area contributed by atoms with Gasteiger partial charge in [0.05, 0.1) is 7.11 Å². The van der Waals surface area contributed by atoms with E-state index < -0.39 is 0 Å². The molecule has 4 heteroatoms. The zero-order chi connectivity index (χ0) is 12.7. The highest BCUT2D eigenvalue weighted by molar-refractivity contribution is 7.10. The third kappa shape index (κ3) is 4.48. The molecule has 0 aliphatic rings. The Morgan fingerprint density at radius 1 is 1.59 bits per heavy atom. The lowest BCUT2D eigenvalue weighted by atomic mass is 10.1. The van der Waals surface area contributed by atoms with Gasteiger partial charge in [-0.2, -0.15) is 0 Å². The molecule has 1 N–H and O–H groups in total. The maximum atomic E-state index is 11.6. The van der Waals surface area contributed by atoms with Crippen LogP contribution in [-0.4, -0.2) is 19.1 Å². The van der Waals surface area contributed by atoms with Crippen molar-refractivity contribution in [1.29, 1.82) is 0 Å². The summed E-state index contributed by atoms with van der Waals surface area (Å²) in [5.41, 5.74) is 0. The minimum Gasteiger partial charge on any atom is -0.468 e. The summed E-state index contributed by atoms with van der Waals surface area (Å²) in [4.78, 5) is 12.9. The number of carbonyl (C=O) groups is 1. The second kappa shape index (κ2) is 7.45. The number of methoxy groups -OCH3 is 1. The average Bonchev–Trinajstić information content (AvgIpc) is 2.87. The van der Waals surface area contributed by atoms with Crippen LogP contribution in [0.4, 0.5) is 0 Å². The van der Waals surface area contributed by atoms with Crippen molar-refractivity contribution in [2.24, 2.45) is 0 Å². The molecule has 0 saturated heterocycles. The Kier molecular flexibility index (Phi) is 6.22. The molecule has 0 aromatic carbocycles. The minimum atomic E-state index is -0.197. The lowest BCUT2D eigenvalue weighted by molar-refractivity contribution is -0.143. The molecule has 1 aromatic rings. The normalized spacial score (nSPS) is 14.3. The molecule has 0 aliphatic carbocycles. The van der Waals surface area contributed by atoms with Crippen LogP contribution < -0.4 is 5.32 Å². The van der Waals surface area contributed by atoms with Crippen molar-refractivity contribution >= 4 is 17.3 Å². The molecule has 2 atom stereocenters. The van der Waals surface area contributed by atoms with Crippen LogP contribution in [0, 0.1) is 0 Å². The first-order chi connectivity index (χ1) is 8.19. The third-order valence-electron chi connectivity index (χ3n) is 2.75. The molecule has 0 radical (unpaired) electrons. The van der Waals surface area contributed by atoms with E-state index in [2.05, 4.69) is 25.2 Å². The first-order valence-electron chi connectivity index (χ1n) is 6.06. The van der Waals surface area contributed by atoms with Gasteiger partial charge in [-0.15, -0.1) is 11.3 Å². The van der Waals surface area contributed by atoms with E-state index in [1.807, 2.05) is 11.4 Å². The number of hydrogen-bond donors (Lipinski definition) is 1. The molecule has 96 valence electrons. The minimum absolute atomic E-state index is 0.165. The van der Waals surface area contributed by atoms with E-state index in [9.17, 15) is 4.79 Å². The third-order valence-corrected chi connectivity index (χ3v) is 3.81. The Hall–Kier alpha value is -0.870. The number of nitrogens with one attached hydrogen (secondary N) is 1. The molecule has 1 heterocycles. The van der Waals surface area contributed by atoms with E-state index in [0.29, 0.717) is 0 Å². The first-order valence-corrected chi connectivity index (χ1v) is 6.94. The van der Waals surface area contributed by atoms with Crippen molar-refractivity contribution in [3.8, 4) is 0 Å². The molecule has 3 nitrogen and oxygen atoms in total. The van der Waals surface area contributed by atoms with Gasteiger partial charge in [0.15, 0.2) is 0 Å². The zero-order valence-electron chi connectivity index (χ0n) is 10.7. The van der Waals surface area contributed by atoms with Crippen molar-refractivity contribution in [2.75, 3.05) is 7.11 Å². The number of unbranched alkanes of at least 4 members (excludes halogenated alkanes) is 1. The molecule has 0 aliphatic heterocycles. The summed E-state index contributed by atoms with van der Waals surface area (Å²) < 4.78 is 4.83. The Morgan fingerprint density at radius 3 is 2.88 bits per heavy atom. The van der Waals surface area contributed by atoms with Crippen LogP contribution in [-0.2, 0) is 9.53 Å². The quantitative estimate of drug-likeness (QED) is 0.761. The molecule has 0 amide bonds. The van der Waals surface area contributed by atoms with Crippen molar-refractivity contribution in [2.45, 2.75) is 45.2 Å². The predicted octanol–water partition coefficient (Wildman–Crippen LogP) is 3.13. The van der Waals surface area contributed by atoms with E-state index in [-0.39, 0.29) is 18.1 Å². The number of ether oxygens (including phenoxy) is 1. The fraction of sp³-hybridized carbons (Fsp3) is 0.615. The smallest absolute Gasteiger partial charge is 0.322 e. The molecule has 0 fully saturated rings. The van der Waals surface area contributed by atoms with Gasteiger partial charge >= 0.3 is 5.97 Å². The second-order valence-corrected chi connectivity index (χ2v) is 5.10. The van der Waals surface area contributed by atoms with Crippen LogP contribution in [0.3, 0.4) is 0 Å². The highest BCUT2D eigenvalue weighted by Crippen LogP contribution is 2.19. The summed E-state index contributed by atoms with van der Waals surface area (Å²) >= 11 is 1.70. The summed E-state index contributed by atoms with van der Waals surface area (Å²) in [6.07, 6.45) is 2.95. The SMILES string of the molecule is CCCCC(NC(C)c1cccs1)C(=O)OC. The van der Waals surface area contributed by atoms with Crippen LogP contribution in [0.15, 0.2) is 17.5 Å². The summed E-state index contributed by atoms with van der Waals surface area (Å²) in [5.74, 6) is -0.165. The number of carbonyl (C=O) groups excluding carboxylic acids is 1. The Morgan fingerprint density at radius 2 is 2.35 bits per heavy atom. The molecule has 0 spiro atoms. The maximum Gasteiger partial charge on any atom is 0.322 e. The highest BCUT2D eigenvalue weighted by atomic mass is 32.1. The average molecular weight is 255 g/mol. The van der Waals surface area contributed by atoms with Gasteiger partial charge in [-0.1, -0.05) is 25.8 Å². The molecule has 1 rings (SSSR count). The van der Waals surface area contributed by atoms with Gasteiger partial charge in [0.1, 0.15) is 6.04 Å². The number of thiophene rings is 1. The molecule has 0 saturated carbocycles. The zero-order valence-corrected chi connectivity index (χ0v) is 11.5. The van der Waals surface area contributed by atoms with E-state index in [0.717, 1.165) is 19.3 Å². The topological polar surface area (TPSA) is 38.3 Å². The van der Waals surface area contributed by atoms with Crippen LogP contribution >= 0.6 is 11.3 Å². The number of rotatable bonds is 7. The van der Waals surface area contributed by atoms with Gasteiger partial charge < -0.3 is 4.74 Å². The maximum absolute atomic E-state index is 11.6. The van der Waals surface area contributed by atoms with Crippen molar-refractivity contribution in [1.82, 2.24) is 5.32 Å². The molecule has 17 heavy (non-hydrogen) atoms. The van der Waals surface area contributed by atoms with Crippen molar-refractivity contribution < 1.29 is 9.53 Å². The summed E-state index contributed by atoms with van der Waals surface area (Å²) in [6.45, 7) is 4.20. The van der Waals surface area contributed by atoms with Crippen LogP contribution in [0.2, 0.25) is 0 Å². The molecular formula is C13H21NO2S. The van der Waals surface area contributed by atoms with E-state index in [4.69, 9.17) is 4.74 Å². The first kappa shape index (κ1) is 14.2. The molecule has 0 bridgehead atoms. The lowest BCUT2D eigenvalue weighted by Gasteiger charge is -2.20. The van der Waals surface area contributed by atoms with Gasteiger partial charge in [-0.3, -0.25) is 10.1 Å². The van der Waals surface area contributed by atoms with Crippen molar-refractivity contribution in [3.63, 3.8) is 0 Å². The summed E-state index contributed by atoms with van der Waals surface area (Å²) in [5, 5.41) is 5.39. The van der Waals surface area contributed by atoms with Gasteiger partial charge in [0.25, 0.3) is 0 Å². The number of hydrogen-bond acceptors (Lipinski definition) is 4. The molecule has 2 unspecified atom stereocenters. The lowest BCUT2D eigenvalue weighted by Crippen LogP contribution is -2.38. The predicted molar refractivity (Wildman–Crippen MR) is 71.2 cm³/mol. The Labute approximate surface area is 107 Å². The van der Waals surface area contributed by atoms with Gasteiger partial charge in [0.2, 0.25) is 0 Å². The highest BCUT2D eigenvalue weighted by Gasteiger charge is 2.21. The molecular weight excluding hydrogens is 234 g/mol. The van der Waals surface area contributed by atoms with Gasteiger partial charge in [-0.05, 0) is 24.8 Å². The largest absolute Gasteiger partial charge is 0.468 e. The fourth-order valence-electron chi connectivity index (χ4n) is 1.74. The van der Waals surface area contributed by atoms with Crippen LogP contribution in [0.1, 0.15) is 44.0 Å². The monoisotopic (exact) mass is 255 g/mol. The van der Waals surface area contributed by atoms with Gasteiger partial charge in [0, 0.05) is 10.9 Å². The summed E-state index contributed by atoms with van der Waals surface area (Å²) in [7, 11) is 1.44. The molecule has 1 aromatic heterocycles. The Balaban J connectivity index is 2.55.